The van der Waals surface area contributed by atoms with Gasteiger partial charge in [0.1, 0.15) is 18.5 Å². The van der Waals surface area contributed by atoms with Gasteiger partial charge in [0.25, 0.3) is 0 Å². The van der Waals surface area contributed by atoms with Crippen LogP contribution < -0.4 is 4.74 Å². The average molecular weight is 329 g/mol. The zero-order valence-electron chi connectivity index (χ0n) is 15.1. The van der Waals surface area contributed by atoms with Crippen LogP contribution in [0.1, 0.15) is 44.1 Å². The van der Waals surface area contributed by atoms with E-state index in [4.69, 9.17) is 4.74 Å². The zero-order chi connectivity index (χ0) is 16.7. The first-order valence-electron chi connectivity index (χ1n) is 9.58. The molecule has 4 saturated carbocycles. The molecule has 0 spiro atoms. The molecule has 0 radical (unpaired) electrons. The zero-order valence-corrected chi connectivity index (χ0v) is 15.1. The van der Waals surface area contributed by atoms with Crippen LogP contribution in [0, 0.1) is 17.8 Å². The van der Waals surface area contributed by atoms with Gasteiger partial charge in [-0.25, -0.2) is 0 Å². The van der Waals surface area contributed by atoms with Crippen molar-refractivity contribution >= 4 is 0 Å². The monoisotopic (exact) mass is 329 g/mol. The largest absolute Gasteiger partial charge is 0.491 e. The first-order chi connectivity index (χ1) is 11.5. The van der Waals surface area contributed by atoms with Crippen LogP contribution in [0.5, 0.6) is 5.75 Å². The number of benzene rings is 1. The van der Waals surface area contributed by atoms with E-state index in [1.807, 2.05) is 19.0 Å². The predicted molar refractivity (Wildman–Crippen MR) is 96.3 cm³/mol. The van der Waals surface area contributed by atoms with Crippen LogP contribution in [0.3, 0.4) is 0 Å². The van der Waals surface area contributed by atoms with Crippen LogP contribution >= 0.6 is 0 Å². The number of rotatable bonds is 6. The molecule has 1 aromatic rings. The van der Waals surface area contributed by atoms with Crippen molar-refractivity contribution in [1.29, 1.82) is 0 Å². The third-order valence-corrected chi connectivity index (χ3v) is 6.52. The van der Waals surface area contributed by atoms with Gasteiger partial charge >= 0.3 is 0 Å². The molecule has 0 amide bonds. The van der Waals surface area contributed by atoms with E-state index in [-0.39, 0.29) is 0 Å². The van der Waals surface area contributed by atoms with E-state index >= 15 is 0 Å². The summed E-state index contributed by atoms with van der Waals surface area (Å²) in [5.41, 5.74) is 1.99. The van der Waals surface area contributed by atoms with Crippen molar-refractivity contribution in [3.05, 3.63) is 29.8 Å². The molecular formula is C21H31NO2. The molecule has 0 aliphatic heterocycles. The minimum Gasteiger partial charge on any atom is -0.491 e. The van der Waals surface area contributed by atoms with E-state index < -0.39 is 6.10 Å². The molecule has 1 aromatic carbocycles. The summed E-state index contributed by atoms with van der Waals surface area (Å²) in [5.74, 6) is 3.82. The molecule has 3 nitrogen and oxygen atoms in total. The van der Waals surface area contributed by atoms with Gasteiger partial charge in [-0.1, -0.05) is 12.1 Å². The molecule has 3 heteroatoms. The number of ether oxygens (including phenoxy) is 1. The molecule has 24 heavy (non-hydrogen) atoms. The summed E-state index contributed by atoms with van der Waals surface area (Å²) in [4.78, 5) is 1.98. The molecule has 4 aliphatic rings. The van der Waals surface area contributed by atoms with Gasteiger partial charge in [-0.2, -0.15) is 0 Å². The summed E-state index contributed by atoms with van der Waals surface area (Å²) in [5, 5.41) is 9.92. The van der Waals surface area contributed by atoms with Crippen molar-refractivity contribution in [2.24, 2.45) is 17.8 Å². The van der Waals surface area contributed by atoms with Gasteiger partial charge in [0.05, 0.1) is 0 Å². The van der Waals surface area contributed by atoms with E-state index in [0.29, 0.717) is 18.6 Å². The normalized spacial score (nSPS) is 35.4. The van der Waals surface area contributed by atoms with Gasteiger partial charge in [0, 0.05) is 6.54 Å². The summed E-state index contributed by atoms with van der Waals surface area (Å²) >= 11 is 0. The number of nitrogens with zero attached hydrogens (tertiary/aromatic N) is 1. The van der Waals surface area contributed by atoms with E-state index in [1.165, 1.54) is 44.1 Å². The topological polar surface area (TPSA) is 32.7 Å². The van der Waals surface area contributed by atoms with E-state index in [0.717, 1.165) is 23.5 Å². The van der Waals surface area contributed by atoms with Gasteiger partial charge in [0.15, 0.2) is 0 Å². The molecular weight excluding hydrogens is 298 g/mol. The summed E-state index contributed by atoms with van der Waals surface area (Å²) in [6.45, 7) is 0.986. The second-order valence-corrected chi connectivity index (χ2v) is 8.95. The minimum absolute atomic E-state index is 0.356. The summed E-state index contributed by atoms with van der Waals surface area (Å²) < 4.78 is 5.77. The van der Waals surface area contributed by atoms with Crippen LogP contribution in [-0.4, -0.2) is 43.4 Å². The number of aliphatic hydroxyl groups excluding tert-OH is 1. The van der Waals surface area contributed by atoms with E-state index in [9.17, 15) is 5.11 Å². The molecule has 4 fully saturated rings. The number of hydrogen-bond acceptors (Lipinski definition) is 3. The molecule has 5 rings (SSSR count). The third kappa shape index (κ3) is 3.21. The fourth-order valence-corrected chi connectivity index (χ4v) is 6.04. The molecule has 4 aliphatic carbocycles. The Morgan fingerprint density at radius 3 is 2.08 bits per heavy atom. The van der Waals surface area contributed by atoms with Crippen LogP contribution in [0.4, 0.5) is 0 Å². The number of aliphatic hydroxyl groups is 1. The molecule has 1 N–H and O–H groups in total. The Bertz CT molecular complexity index is 530. The second kappa shape index (κ2) is 6.34. The van der Waals surface area contributed by atoms with E-state index in [1.54, 1.807) is 0 Å². The number of likely N-dealkylation sites (N-methyl/N-ethyl adjacent to an activating group) is 1. The second-order valence-electron chi connectivity index (χ2n) is 8.95. The predicted octanol–water partition coefficient (Wildman–Crippen LogP) is 3.46. The summed E-state index contributed by atoms with van der Waals surface area (Å²) in [6, 6.07) is 8.80. The van der Waals surface area contributed by atoms with Gasteiger partial charge in [-0.05, 0) is 93.5 Å². The van der Waals surface area contributed by atoms with Crippen molar-refractivity contribution < 1.29 is 9.84 Å². The highest BCUT2D eigenvalue weighted by Crippen LogP contribution is 2.60. The maximum atomic E-state index is 9.92. The van der Waals surface area contributed by atoms with Crippen LogP contribution in [-0.2, 0) is 5.41 Å². The van der Waals surface area contributed by atoms with Crippen LogP contribution in [0.25, 0.3) is 0 Å². The van der Waals surface area contributed by atoms with Gasteiger partial charge in [-0.15, -0.1) is 0 Å². The van der Waals surface area contributed by atoms with Gasteiger partial charge in [-0.3, -0.25) is 0 Å². The first-order valence-corrected chi connectivity index (χ1v) is 9.58. The molecule has 0 saturated heterocycles. The van der Waals surface area contributed by atoms with Crippen molar-refractivity contribution in [1.82, 2.24) is 4.90 Å². The molecule has 4 bridgehead atoms. The lowest BCUT2D eigenvalue weighted by Crippen LogP contribution is -2.48. The average Bonchev–Trinajstić information content (AvgIpc) is 2.51. The van der Waals surface area contributed by atoms with Crippen molar-refractivity contribution in [2.75, 3.05) is 27.2 Å². The van der Waals surface area contributed by atoms with Crippen molar-refractivity contribution in [2.45, 2.75) is 50.0 Å². The Morgan fingerprint density at radius 1 is 1.04 bits per heavy atom. The Balaban J connectivity index is 1.41. The molecule has 0 aromatic heterocycles. The minimum atomic E-state index is -0.442. The summed E-state index contributed by atoms with van der Waals surface area (Å²) in [7, 11) is 3.92. The Labute approximate surface area is 146 Å². The fourth-order valence-electron chi connectivity index (χ4n) is 6.04. The van der Waals surface area contributed by atoms with Crippen LogP contribution in [0.2, 0.25) is 0 Å². The SMILES string of the molecule is CN(C)C[C@@H](O)COc1ccc(C23CC4CC(CC(C4)C2)C3)cc1. The summed E-state index contributed by atoms with van der Waals surface area (Å²) in [6.07, 6.45) is 8.24. The number of hydrogen-bond donors (Lipinski definition) is 1. The highest BCUT2D eigenvalue weighted by molar-refractivity contribution is 5.34. The lowest BCUT2D eigenvalue weighted by atomic mass is 9.48. The Morgan fingerprint density at radius 2 is 1.58 bits per heavy atom. The lowest BCUT2D eigenvalue weighted by molar-refractivity contribution is -0.00522. The van der Waals surface area contributed by atoms with Crippen LogP contribution in [0.15, 0.2) is 24.3 Å². The Kier molecular flexibility index (Phi) is 4.34. The molecule has 0 heterocycles. The fraction of sp³-hybridized carbons (Fsp3) is 0.714. The standard InChI is InChI=1S/C21H31NO2/c1-22(2)13-19(23)14-24-20-5-3-18(4-6-20)21-10-15-7-16(11-21)9-17(8-15)12-21/h3-6,15-17,19,23H,7-14H2,1-2H3/t15?,16?,17?,19-,21?/m1/s1. The molecule has 1 atom stereocenters. The Hall–Kier alpha value is -1.06. The third-order valence-electron chi connectivity index (χ3n) is 6.52. The van der Waals surface area contributed by atoms with E-state index in [2.05, 4.69) is 24.3 Å². The highest BCUT2D eigenvalue weighted by atomic mass is 16.5. The smallest absolute Gasteiger partial charge is 0.119 e. The molecule has 132 valence electrons. The molecule has 0 unspecified atom stereocenters. The van der Waals surface area contributed by atoms with Crippen molar-refractivity contribution in [3.8, 4) is 5.75 Å². The maximum absolute atomic E-state index is 9.92. The quantitative estimate of drug-likeness (QED) is 0.867. The maximum Gasteiger partial charge on any atom is 0.119 e. The van der Waals surface area contributed by atoms with Gasteiger partial charge < -0.3 is 14.7 Å². The van der Waals surface area contributed by atoms with Gasteiger partial charge in [0.2, 0.25) is 0 Å². The lowest BCUT2D eigenvalue weighted by Gasteiger charge is -2.57. The first kappa shape index (κ1) is 16.4. The highest BCUT2D eigenvalue weighted by Gasteiger charge is 2.51. The van der Waals surface area contributed by atoms with Crippen molar-refractivity contribution in [3.63, 3.8) is 0 Å².